The zero-order valence-corrected chi connectivity index (χ0v) is 13.9. The van der Waals surface area contributed by atoms with Crippen LogP contribution >= 0.6 is 15.9 Å². The van der Waals surface area contributed by atoms with Crippen LogP contribution in [-0.2, 0) is 21.4 Å². The highest BCUT2D eigenvalue weighted by Gasteiger charge is 2.32. The SMILES string of the molecule is O=S(=O)(c1cccc2c1N=S=N2)N1CCCC(CBr)C1. The molecular formula is C12H14BrN3O2S2. The van der Waals surface area contributed by atoms with Crippen molar-refractivity contribution >= 4 is 48.7 Å². The molecule has 8 heteroatoms. The third kappa shape index (κ3) is 2.49. The fourth-order valence-corrected chi connectivity index (χ4v) is 5.34. The number of piperidine rings is 1. The van der Waals surface area contributed by atoms with Crippen molar-refractivity contribution in [2.45, 2.75) is 17.7 Å². The van der Waals surface area contributed by atoms with Gasteiger partial charge in [0.25, 0.3) is 0 Å². The summed E-state index contributed by atoms with van der Waals surface area (Å²) >= 11 is 4.50. The quantitative estimate of drug-likeness (QED) is 0.773. The molecule has 0 N–H and O–H groups in total. The first kappa shape index (κ1) is 14.4. The average Bonchev–Trinajstić information content (AvgIpc) is 2.95. The van der Waals surface area contributed by atoms with Gasteiger partial charge in [0, 0.05) is 18.4 Å². The molecule has 3 rings (SSSR count). The second-order valence-electron chi connectivity index (χ2n) is 4.91. The largest absolute Gasteiger partial charge is 0.245 e. The second kappa shape index (κ2) is 5.67. The van der Waals surface area contributed by atoms with E-state index in [4.69, 9.17) is 0 Å². The van der Waals surface area contributed by atoms with Gasteiger partial charge in [-0.2, -0.15) is 13.0 Å². The molecule has 1 aromatic rings. The van der Waals surface area contributed by atoms with Crippen molar-refractivity contribution in [2.24, 2.45) is 14.6 Å². The maximum atomic E-state index is 12.8. The highest BCUT2D eigenvalue weighted by molar-refractivity contribution is 9.09. The molecule has 0 amide bonds. The van der Waals surface area contributed by atoms with Gasteiger partial charge in [-0.1, -0.05) is 22.0 Å². The maximum absolute atomic E-state index is 12.8. The molecule has 0 aromatic heterocycles. The molecule has 2 aliphatic rings. The summed E-state index contributed by atoms with van der Waals surface area (Å²) in [5, 5.41) is 0.835. The average molecular weight is 376 g/mol. The topological polar surface area (TPSA) is 62.1 Å². The van der Waals surface area contributed by atoms with Gasteiger partial charge in [-0.3, -0.25) is 0 Å². The predicted octanol–water partition coefficient (Wildman–Crippen LogP) is 3.21. The first-order valence-electron chi connectivity index (χ1n) is 6.40. The van der Waals surface area contributed by atoms with E-state index in [1.165, 1.54) is 0 Å². The normalized spacial score (nSPS) is 22.6. The van der Waals surface area contributed by atoms with Crippen molar-refractivity contribution in [3.63, 3.8) is 0 Å². The molecule has 2 heterocycles. The van der Waals surface area contributed by atoms with Gasteiger partial charge < -0.3 is 0 Å². The number of nitrogens with zero attached hydrogens (tertiary/aromatic N) is 3. The number of fused-ring (bicyclic) bond motifs is 1. The molecule has 20 heavy (non-hydrogen) atoms. The highest BCUT2D eigenvalue weighted by atomic mass is 79.9. The van der Waals surface area contributed by atoms with Crippen molar-refractivity contribution in [1.29, 1.82) is 0 Å². The summed E-state index contributed by atoms with van der Waals surface area (Å²) < 4.78 is 35.4. The number of sulfonamides is 1. The van der Waals surface area contributed by atoms with Crippen molar-refractivity contribution in [3.8, 4) is 0 Å². The van der Waals surface area contributed by atoms with E-state index in [9.17, 15) is 8.42 Å². The van der Waals surface area contributed by atoms with Crippen LogP contribution in [0, 0.1) is 5.92 Å². The van der Waals surface area contributed by atoms with Gasteiger partial charge >= 0.3 is 0 Å². The summed E-state index contributed by atoms with van der Waals surface area (Å²) in [7, 11) is -3.48. The molecule has 1 fully saturated rings. The van der Waals surface area contributed by atoms with E-state index in [0.29, 0.717) is 30.4 Å². The number of hydrogen-bond donors (Lipinski definition) is 0. The van der Waals surface area contributed by atoms with E-state index in [1.54, 1.807) is 22.5 Å². The van der Waals surface area contributed by atoms with Crippen LogP contribution in [-0.4, -0.2) is 31.1 Å². The number of rotatable bonds is 3. The summed E-state index contributed by atoms with van der Waals surface area (Å²) in [5.74, 6) is 0.381. The molecular weight excluding hydrogens is 362 g/mol. The van der Waals surface area contributed by atoms with Gasteiger partial charge in [-0.25, -0.2) is 8.42 Å². The van der Waals surface area contributed by atoms with E-state index in [2.05, 4.69) is 24.7 Å². The predicted molar refractivity (Wildman–Crippen MR) is 83.3 cm³/mol. The monoisotopic (exact) mass is 375 g/mol. The van der Waals surface area contributed by atoms with Crippen LogP contribution in [0.4, 0.5) is 11.4 Å². The molecule has 0 bridgehead atoms. The molecule has 0 saturated carbocycles. The molecule has 1 atom stereocenters. The Bertz CT molecular complexity index is 699. The molecule has 5 nitrogen and oxygen atoms in total. The number of alkyl halides is 1. The van der Waals surface area contributed by atoms with E-state index in [-0.39, 0.29) is 4.90 Å². The Labute approximate surface area is 130 Å². The minimum absolute atomic E-state index is 0.277. The number of hydrogen-bond acceptors (Lipinski definition) is 4. The summed E-state index contributed by atoms with van der Waals surface area (Å²) in [5.41, 5.74) is 1.13. The summed E-state index contributed by atoms with van der Waals surface area (Å²) in [4.78, 5) is 0.277. The van der Waals surface area contributed by atoms with Gasteiger partial charge in [0.05, 0.1) is 11.4 Å². The van der Waals surface area contributed by atoms with E-state index < -0.39 is 10.0 Å². The second-order valence-corrected chi connectivity index (χ2v) is 8.00. The Morgan fingerprint density at radius 1 is 1.40 bits per heavy atom. The summed E-state index contributed by atoms with van der Waals surface area (Å²) in [6.45, 7) is 1.15. The van der Waals surface area contributed by atoms with Crippen LogP contribution in [0.1, 0.15) is 12.8 Å². The molecule has 0 spiro atoms. The third-order valence-electron chi connectivity index (χ3n) is 3.57. The Kier molecular flexibility index (Phi) is 4.07. The zero-order chi connectivity index (χ0) is 14.2. The van der Waals surface area contributed by atoms with Gasteiger partial charge in [-0.05, 0) is 30.9 Å². The van der Waals surface area contributed by atoms with Crippen molar-refractivity contribution < 1.29 is 8.42 Å². The first-order chi connectivity index (χ1) is 9.63. The lowest BCUT2D eigenvalue weighted by atomic mass is 10.0. The Hall–Kier alpha value is -0.570. The van der Waals surface area contributed by atoms with Crippen LogP contribution in [0.5, 0.6) is 0 Å². The highest BCUT2D eigenvalue weighted by Crippen LogP contribution is 2.39. The molecule has 2 aliphatic heterocycles. The van der Waals surface area contributed by atoms with Gasteiger partial charge in [0.1, 0.15) is 16.3 Å². The van der Waals surface area contributed by atoms with Crippen LogP contribution in [0.15, 0.2) is 31.8 Å². The van der Waals surface area contributed by atoms with E-state index in [1.807, 2.05) is 0 Å². The van der Waals surface area contributed by atoms with Gasteiger partial charge in [0.15, 0.2) is 0 Å². The van der Waals surface area contributed by atoms with Crippen LogP contribution in [0.25, 0.3) is 0 Å². The van der Waals surface area contributed by atoms with Crippen LogP contribution < -0.4 is 0 Å². The maximum Gasteiger partial charge on any atom is 0.245 e. The first-order valence-corrected chi connectivity index (χ1v) is 9.69. The molecule has 108 valence electrons. The Morgan fingerprint density at radius 2 is 2.25 bits per heavy atom. The van der Waals surface area contributed by atoms with Crippen molar-refractivity contribution in [3.05, 3.63) is 18.2 Å². The lowest BCUT2D eigenvalue weighted by molar-refractivity contribution is 0.285. The fourth-order valence-electron chi connectivity index (χ4n) is 2.50. The lowest BCUT2D eigenvalue weighted by Crippen LogP contribution is -2.40. The summed E-state index contributed by atoms with van der Waals surface area (Å²) in [6, 6.07) is 5.13. The minimum atomic E-state index is -3.48. The molecule has 1 saturated heterocycles. The third-order valence-corrected chi connectivity index (χ3v) is 6.92. The fraction of sp³-hybridized carbons (Fsp3) is 0.500. The van der Waals surface area contributed by atoms with E-state index >= 15 is 0 Å². The zero-order valence-electron chi connectivity index (χ0n) is 10.7. The smallest absolute Gasteiger partial charge is 0.207 e. The van der Waals surface area contributed by atoms with Gasteiger partial charge in [0.2, 0.25) is 10.0 Å². The molecule has 1 unspecified atom stereocenters. The molecule has 1 aromatic carbocycles. The lowest BCUT2D eigenvalue weighted by Gasteiger charge is -2.31. The molecule has 0 aliphatic carbocycles. The minimum Gasteiger partial charge on any atom is -0.207 e. The van der Waals surface area contributed by atoms with Crippen molar-refractivity contribution in [1.82, 2.24) is 4.31 Å². The van der Waals surface area contributed by atoms with E-state index in [0.717, 1.165) is 29.5 Å². The summed E-state index contributed by atoms with van der Waals surface area (Å²) in [6.07, 6.45) is 1.97. The van der Waals surface area contributed by atoms with Crippen LogP contribution in [0.3, 0.4) is 0 Å². The standard InChI is InChI=1S/C12H14BrN3O2S2/c13-7-9-3-2-6-16(8-9)20(17,18)11-5-1-4-10-12(11)15-19-14-10/h1,4-5,9H,2-3,6-8H2. The Morgan fingerprint density at radius 3 is 3.05 bits per heavy atom. The number of benzene rings is 1. The van der Waals surface area contributed by atoms with Gasteiger partial charge in [-0.15, -0.1) is 0 Å². The van der Waals surface area contributed by atoms with Crippen molar-refractivity contribution in [2.75, 3.05) is 18.4 Å². The Balaban J connectivity index is 1.97. The van der Waals surface area contributed by atoms with Crippen LogP contribution in [0.2, 0.25) is 0 Å². The molecule has 0 radical (unpaired) electrons. The number of halogens is 1.